The highest BCUT2D eigenvalue weighted by molar-refractivity contribution is 5.84. The number of rotatable bonds is 6. The van der Waals surface area contributed by atoms with Crippen LogP contribution in [0.15, 0.2) is 24.3 Å². The summed E-state index contributed by atoms with van der Waals surface area (Å²) in [4.78, 5) is 25.0. The fourth-order valence-electron chi connectivity index (χ4n) is 3.06. The summed E-state index contributed by atoms with van der Waals surface area (Å²) < 4.78 is 5.33. The molecule has 0 saturated carbocycles. The van der Waals surface area contributed by atoms with Crippen molar-refractivity contribution in [3.05, 3.63) is 29.8 Å². The average molecular weight is 305 g/mol. The Kier molecular flexibility index (Phi) is 5.41. The summed E-state index contributed by atoms with van der Waals surface area (Å²) in [5.41, 5.74) is 1.07. The van der Waals surface area contributed by atoms with Gasteiger partial charge in [0, 0.05) is 13.0 Å². The van der Waals surface area contributed by atoms with Crippen molar-refractivity contribution >= 4 is 11.9 Å². The smallest absolute Gasteiger partial charge is 0.326 e. The average Bonchev–Trinajstić information content (AvgIpc) is 2.97. The van der Waals surface area contributed by atoms with Crippen LogP contribution in [0.3, 0.4) is 0 Å². The fourth-order valence-corrected chi connectivity index (χ4v) is 3.06. The molecule has 1 aromatic rings. The van der Waals surface area contributed by atoms with Gasteiger partial charge in [-0.1, -0.05) is 25.1 Å². The molecule has 1 N–H and O–H groups in total. The van der Waals surface area contributed by atoms with E-state index in [1.807, 2.05) is 31.2 Å². The highest BCUT2D eigenvalue weighted by atomic mass is 16.5. The van der Waals surface area contributed by atoms with E-state index in [1.54, 1.807) is 7.11 Å². The van der Waals surface area contributed by atoms with Crippen molar-refractivity contribution in [1.82, 2.24) is 4.90 Å². The second-order valence-corrected chi connectivity index (χ2v) is 5.91. The van der Waals surface area contributed by atoms with E-state index < -0.39 is 12.0 Å². The number of nitrogens with zero attached hydrogens (tertiary/aromatic N) is 1. The van der Waals surface area contributed by atoms with Gasteiger partial charge < -0.3 is 14.7 Å². The number of aliphatic carboxylic acids is 1. The van der Waals surface area contributed by atoms with Crippen LogP contribution in [0.25, 0.3) is 0 Å². The van der Waals surface area contributed by atoms with Gasteiger partial charge >= 0.3 is 5.97 Å². The lowest BCUT2D eigenvalue weighted by Gasteiger charge is -2.23. The van der Waals surface area contributed by atoms with E-state index in [0.717, 1.165) is 24.2 Å². The van der Waals surface area contributed by atoms with Crippen molar-refractivity contribution in [2.75, 3.05) is 13.7 Å². The third-order valence-electron chi connectivity index (χ3n) is 4.14. The van der Waals surface area contributed by atoms with Crippen LogP contribution >= 0.6 is 0 Å². The molecule has 2 unspecified atom stereocenters. The first-order chi connectivity index (χ1) is 10.5. The van der Waals surface area contributed by atoms with Crippen LogP contribution < -0.4 is 4.74 Å². The number of amides is 1. The number of hydrogen-bond donors (Lipinski definition) is 1. The zero-order valence-corrected chi connectivity index (χ0v) is 13.1. The largest absolute Gasteiger partial charge is 0.496 e. The monoisotopic (exact) mass is 305 g/mol. The highest BCUT2D eigenvalue weighted by Crippen LogP contribution is 2.24. The molecule has 1 heterocycles. The topological polar surface area (TPSA) is 66.8 Å². The molecular formula is C17H23NO4. The van der Waals surface area contributed by atoms with E-state index >= 15 is 0 Å². The van der Waals surface area contributed by atoms with Gasteiger partial charge in [-0.3, -0.25) is 4.79 Å². The lowest BCUT2D eigenvalue weighted by molar-refractivity contribution is -0.148. The standard InChI is InChI=1S/C17H23NO4/c1-12(10-13-6-3-4-8-15(13)22-2)11-16(19)18-9-5-7-14(18)17(20)21/h3-4,6,8,12,14H,5,7,9-11H2,1-2H3,(H,20,21). The molecular weight excluding hydrogens is 282 g/mol. The summed E-state index contributed by atoms with van der Waals surface area (Å²) in [6.07, 6.45) is 2.43. The first kappa shape index (κ1) is 16.3. The molecule has 1 aliphatic rings. The zero-order valence-electron chi connectivity index (χ0n) is 13.1. The lowest BCUT2D eigenvalue weighted by atomic mass is 9.96. The summed E-state index contributed by atoms with van der Waals surface area (Å²) in [6.45, 7) is 2.56. The molecule has 1 saturated heterocycles. The number of benzene rings is 1. The third-order valence-corrected chi connectivity index (χ3v) is 4.14. The summed E-state index contributed by atoms with van der Waals surface area (Å²) in [7, 11) is 1.64. The molecule has 0 spiro atoms. The highest BCUT2D eigenvalue weighted by Gasteiger charge is 2.34. The van der Waals surface area contributed by atoms with Gasteiger partial charge in [0.2, 0.25) is 5.91 Å². The van der Waals surface area contributed by atoms with Gasteiger partial charge in [0.15, 0.2) is 0 Å². The van der Waals surface area contributed by atoms with E-state index in [1.165, 1.54) is 4.90 Å². The van der Waals surface area contributed by atoms with Crippen molar-refractivity contribution in [1.29, 1.82) is 0 Å². The van der Waals surface area contributed by atoms with Crippen LogP contribution in [-0.2, 0) is 16.0 Å². The summed E-state index contributed by atoms with van der Waals surface area (Å²) in [5.74, 6) is 0.000702. The predicted octanol–water partition coefficient (Wildman–Crippen LogP) is 2.34. The Morgan fingerprint density at radius 2 is 2.14 bits per heavy atom. The molecule has 120 valence electrons. The number of hydrogen-bond acceptors (Lipinski definition) is 3. The van der Waals surface area contributed by atoms with Gasteiger partial charge in [-0.25, -0.2) is 4.79 Å². The Bertz CT molecular complexity index is 543. The molecule has 0 aliphatic carbocycles. The lowest BCUT2D eigenvalue weighted by Crippen LogP contribution is -2.41. The van der Waals surface area contributed by atoms with Gasteiger partial charge in [-0.05, 0) is 36.8 Å². The van der Waals surface area contributed by atoms with Crippen LogP contribution in [-0.4, -0.2) is 41.6 Å². The van der Waals surface area contributed by atoms with Crippen molar-refractivity contribution in [2.24, 2.45) is 5.92 Å². The first-order valence-corrected chi connectivity index (χ1v) is 7.67. The van der Waals surface area contributed by atoms with E-state index in [2.05, 4.69) is 0 Å². The fraction of sp³-hybridized carbons (Fsp3) is 0.529. The van der Waals surface area contributed by atoms with Crippen molar-refractivity contribution in [2.45, 2.75) is 38.6 Å². The molecule has 5 heteroatoms. The van der Waals surface area contributed by atoms with E-state index in [-0.39, 0.29) is 11.8 Å². The Balaban J connectivity index is 1.95. The Hall–Kier alpha value is -2.04. The van der Waals surface area contributed by atoms with Gasteiger partial charge in [-0.2, -0.15) is 0 Å². The number of ether oxygens (including phenoxy) is 1. The van der Waals surface area contributed by atoms with Crippen LogP contribution in [0.5, 0.6) is 5.75 Å². The normalized spacial score (nSPS) is 19.0. The number of para-hydroxylation sites is 1. The van der Waals surface area contributed by atoms with Crippen LogP contribution in [0, 0.1) is 5.92 Å². The number of likely N-dealkylation sites (tertiary alicyclic amines) is 1. The Morgan fingerprint density at radius 1 is 1.41 bits per heavy atom. The maximum absolute atomic E-state index is 12.3. The minimum atomic E-state index is -0.900. The number of carboxylic acids is 1. The number of carbonyl (C=O) groups is 2. The number of carbonyl (C=O) groups excluding carboxylic acids is 1. The van der Waals surface area contributed by atoms with Crippen LogP contribution in [0.2, 0.25) is 0 Å². The third kappa shape index (κ3) is 3.78. The second kappa shape index (κ2) is 7.29. The molecule has 1 amide bonds. The van der Waals surface area contributed by atoms with Crippen molar-refractivity contribution in [3.8, 4) is 5.75 Å². The first-order valence-electron chi connectivity index (χ1n) is 7.67. The molecule has 1 aliphatic heterocycles. The molecule has 2 atom stereocenters. The van der Waals surface area contributed by atoms with Gasteiger partial charge in [0.1, 0.15) is 11.8 Å². The maximum Gasteiger partial charge on any atom is 0.326 e. The molecule has 0 aromatic heterocycles. The summed E-state index contributed by atoms with van der Waals surface area (Å²) in [5, 5.41) is 9.16. The second-order valence-electron chi connectivity index (χ2n) is 5.91. The summed E-state index contributed by atoms with van der Waals surface area (Å²) >= 11 is 0. The molecule has 1 fully saturated rings. The zero-order chi connectivity index (χ0) is 16.1. The Morgan fingerprint density at radius 3 is 2.82 bits per heavy atom. The molecule has 22 heavy (non-hydrogen) atoms. The SMILES string of the molecule is COc1ccccc1CC(C)CC(=O)N1CCCC1C(=O)O. The van der Waals surface area contributed by atoms with Crippen molar-refractivity contribution in [3.63, 3.8) is 0 Å². The minimum absolute atomic E-state index is 0.0627. The maximum atomic E-state index is 12.3. The minimum Gasteiger partial charge on any atom is -0.496 e. The molecule has 0 bridgehead atoms. The number of carboxylic acid groups (broad SMARTS) is 1. The summed E-state index contributed by atoms with van der Waals surface area (Å²) in [6, 6.07) is 7.12. The van der Waals surface area contributed by atoms with Gasteiger partial charge in [-0.15, -0.1) is 0 Å². The van der Waals surface area contributed by atoms with Crippen LogP contribution in [0.4, 0.5) is 0 Å². The van der Waals surface area contributed by atoms with Crippen LogP contribution in [0.1, 0.15) is 31.7 Å². The van der Waals surface area contributed by atoms with Crippen molar-refractivity contribution < 1.29 is 19.4 Å². The number of methoxy groups -OCH3 is 1. The van der Waals surface area contributed by atoms with E-state index in [0.29, 0.717) is 19.4 Å². The van der Waals surface area contributed by atoms with Gasteiger partial charge in [0.25, 0.3) is 0 Å². The predicted molar refractivity (Wildman–Crippen MR) is 82.8 cm³/mol. The van der Waals surface area contributed by atoms with E-state index in [4.69, 9.17) is 9.84 Å². The molecule has 0 radical (unpaired) electrons. The van der Waals surface area contributed by atoms with E-state index in [9.17, 15) is 9.59 Å². The quantitative estimate of drug-likeness (QED) is 0.876. The molecule has 2 rings (SSSR count). The van der Waals surface area contributed by atoms with Gasteiger partial charge in [0.05, 0.1) is 7.11 Å². The molecule has 1 aromatic carbocycles. The molecule has 5 nitrogen and oxygen atoms in total. The Labute approximate surface area is 130 Å².